The van der Waals surface area contributed by atoms with Crippen LogP contribution in [0.4, 0.5) is 5.69 Å². The number of likely N-dealkylation sites (tertiary alicyclic amines) is 1. The normalized spacial score (nSPS) is 20.6. The standard InChI is InChI=1S/C15H15N5O2S/c21-14(19-6-10(7-19)20-9-16-8-17-20)5-13-15(22)18-11-3-1-2-4-12(11)23-13/h1-4,8-10,13H,5-7H2,(H,18,22). The minimum absolute atomic E-state index is 0.00777. The van der Waals surface area contributed by atoms with Crippen molar-refractivity contribution in [2.24, 2.45) is 0 Å². The topological polar surface area (TPSA) is 80.1 Å². The first-order valence-electron chi connectivity index (χ1n) is 7.39. The lowest BCUT2D eigenvalue weighted by Gasteiger charge is -2.39. The minimum Gasteiger partial charge on any atom is -0.338 e. The molecule has 1 aromatic heterocycles. The molecule has 2 aliphatic heterocycles. The van der Waals surface area contributed by atoms with Gasteiger partial charge in [-0.25, -0.2) is 9.67 Å². The molecule has 2 aromatic rings. The van der Waals surface area contributed by atoms with E-state index in [1.54, 1.807) is 15.9 Å². The second-order valence-corrected chi connectivity index (χ2v) is 6.87. The van der Waals surface area contributed by atoms with Crippen molar-refractivity contribution in [1.29, 1.82) is 0 Å². The first kappa shape index (κ1) is 14.3. The first-order chi connectivity index (χ1) is 11.2. The lowest BCUT2D eigenvalue weighted by Crippen LogP contribution is -2.52. The number of benzene rings is 1. The summed E-state index contributed by atoms with van der Waals surface area (Å²) in [6, 6.07) is 7.84. The fourth-order valence-corrected chi connectivity index (χ4v) is 3.85. The second kappa shape index (κ2) is 5.69. The van der Waals surface area contributed by atoms with Crippen LogP contribution in [0.25, 0.3) is 0 Å². The zero-order valence-corrected chi connectivity index (χ0v) is 13.1. The van der Waals surface area contributed by atoms with Crippen molar-refractivity contribution in [2.45, 2.75) is 22.6 Å². The lowest BCUT2D eigenvalue weighted by atomic mass is 10.1. The van der Waals surface area contributed by atoms with Gasteiger partial charge >= 0.3 is 0 Å². The molecule has 3 heterocycles. The maximum absolute atomic E-state index is 12.4. The molecule has 1 N–H and O–H groups in total. The molecule has 2 aliphatic rings. The molecule has 8 heteroatoms. The quantitative estimate of drug-likeness (QED) is 0.914. The molecule has 1 fully saturated rings. The summed E-state index contributed by atoms with van der Waals surface area (Å²) in [5.74, 6) is -0.0937. The maximum atomic E-state index is 12.4. The van der Waals surface area contributed by atoms with E-state index < -0.39 is 0 Å². The fourth-order valence-electron chi connectivity index (χ4n) is 2.75. The van der Waals surface area contributed by atoms with Crippen LogP contribution in [0.5, 0.6) is 0 Å². The van der Waals surface area contributed by atoms with Gasteiger partial charge in [0.2, 0.25) is 11.8 Å². The first-order valence-corrected chi connectivity index (χ1v) is 8.27. The number of amides is 2. The van der Waals surface area contributed by atoms with Crippen molar-refractivity contribution in [3.8, 4) is 0 Å². The monoisotopic (exact) mass is 329 g/mol. The summed E-state index contributed by atoms with van der Waals surface area (Å²) in [6.07, 6.45) is 3.37. The van der Waals surface area contributed by atoms with Crippen LogP contribution in [0.2, 0.25) is 0 Å². The number of carbonyl (C=O) groups excluding carboxylic acids is 2. The molecule has 4 rings (SSSR count). The van der Waals surface area contributed by atoms with E-state index in [1.165, 1.54) is 18.1 Å². The van der Waals surface area contributed by atoms with E-state index >= 15 is 0 Å². The van der Waals surface area contributed by atoms with Crippen molar-refractivity contribution in [3.63, 3.8) is 0 Å². The van der Waals surface area contributed by atoms with E-state index in [1.807, 2.05) is 24.3 Å². The number of rotatable bonds is 3. The Bertz CT molecular complexity index is 742. The molecule has 0 radical (unpaired) electrons. The van der Waals surface area contributed by atoms with Gasteiger partial charge in [-0.15, -0.1) is 11.8 Å². The van der Waals surface area contributed by atoms with Gasteiger partial charge in [-0.1, -0.05) is 12.1 Å². The average molecular weight is 329 g/mol. The molecule has 118 valence electrons. The number of aromatic nitrogens is 3. The molecule has 1 atom stereocenters. The van der Waals surface area contributed by atoms with Gasteiger partial charge in [-0.05, 0) is 12.1 Å². The van der Waals surface area contributed by atoms with E-state index in [9.17, 15) is 9.59 Å². The highest BCUT2D eigenvalue weighted by atomic mass is 32.2. The number of fused-ring (bicyclic) bond motifs is 1. The number of anilines is 1. The van der Waals surface area contributed by atoms with Gasteiger partial charge in [-0.3, -0.25) is 9.59 Å². The fraction of sp³-hybridized carbons (Fsp3) is 0.333. The van der Waals surface area contributed by atoms with Crippen molar-refractivity contribution in [2.75, 3.05) is 18.4 Å². The molecule has 0 saturated carbocycles. The Morgan fingerprint density at radius 2 is 2.17 bits per heavy atom. The number of thioether (sulfide) groups is 1. The van der Waals surface area contributed by atoms with Gasteiger partial charge in [0.05, 0.1) is 17.0 Å². The van der Waals surface area contributed by atoms with Gasteiger partial charge < -0.3 is 10.2 Å². The number of hydrogen-bond acceptors (Lipinski definition) is 5. The molecule has 23 heavy (non-hydrogen) atoms. The number of carbonyl (C=O) groups is 2. The number of nitrogens with one attached hydrogen (secondary N) is 1. The number of hydrogen-bond donors (Lipinski definition) is 1. The van der Waals surface area contributed by atoms with Gasteiger partial charge in [0, 0.05) is 24.4 Å². The largest absolute Gasteiger partial charge is 0.338 e. The third-order valence-corrected chi connectivity index (χ3v) is 5.37. The molecule has 1 unspecified atom stereocenters. The predicted molar refractivity (Wildman–Crippen MR) is 85.0 cm³/mol. The van der Waals surface area contributed by atoms with Crippen molar-refractivity contribution in [1.82, 2.24) is 19.7 Å². The smallest absolute Gasteiger partial charge is 0.238 e. The van der Waals surface area contributed by atoms with Crippen molar-refractivity contribution >= 4 is 29.3 Å². The Balaban J connectivity index is 1.36. The van der Waals surface area contributed by atoms with Crippen molar-refractivity contribution in [3.05, 3.63) is 36.9 Å². The minimum atomic E-state index is -0.372. The van der Waals surface area contributed by atoms with E-state index in [4.69, 9.17) is 0 Å². The predicted octanol–water partition coefficient (Wildman–Crippen LogP) is 1.16. The number of nitrogens with zero attached hydrogens (tertiary/aromatic N) is 4. The van der Waals surface area contributed by atoms with Crippen LogP contribution in [0.3, 0.4) is 0 Å². The highest BCUT2D eigenvalue weighted by molar-refractivity contribution is 8.01. The van der Waals surface area contributed by atoms with E-state index in [-0.39, 0.29) is 29.5 Å². The summed E-state index contributed by atoms with van der Waals surface area (Å²) in [5, 5.41) is 6.58. The Morgan fingerprint density at radius 1 is 1.35 bits per heavy atom. The van der Waals surface area contributed by atoms with Gasteiger partial charge in [0.1, 0.15) is 12.7 Å². The third-order valence-electron chi connectivity index (χ3n) is 4.09. The Morgan fingerprint density at radius 3 is 2.96 bits per heavy atom. The summed E-state index contributed by atoms with van der Waals surface area (Å²) in [6.45, 7) is 1.25. The molecular weight excluding hydrogens is 314 g/mol. The lowest BCUT2D eigenvalue weighted by molar-refractivity contribution is -0.138. The molecular formula is C15H15N5O2S. The van der Waals surface area contributed by atoms with Crippen LogP contribution < -0.4 is 5.32 Å². The zero-order valence-electron chi connectivity index (χ0n) is 12.3. The molecule has 0 spiro atoms. The highest BCUT2D eigenvalue weighted by Gasteiger charge is 2.36. The molecule has 1 saturated heterocycles. The molecule has 1 aromatic carbocycles. The molecule has 7 nitrogen and oxygen atoms in total. The van der Waals surface area contributed by atoms with Gasteiger partial charge in [0.15, 0.2) is 0 Å². The van der Waals surface area contributed by atoms with Crippen LogP contribution in [0, 0.1) is 0 Å². The van der Waals surface area contributed by atoms with Gasteiger partial charge in [-0.2, -0.15) is 5.10 Å². The van der Waals surface area contributed by atoms with Gasteiger partial charge in [0.25, 0.3) is 0 Å². The van der Waals surface area contributed by atoms with E-state index in [0.717, 1.165) is 10.6 Å². The second-order valence-electron chi connectivity index (χ2n) is 5.62. The summed E-state index contributed by atoms with van der Waals surface area (Å²) in [5.41, 5.74) is 0.821. The van der Waals surface area contributed by atoms with Crippen LogP contribution in [-0.4, -0.2) is 49.8 Å². The summed E-state index contributed by atoms with van der Waals surface area (Å²) >= 11 is 1.46. The number of para-hydroxylation sites is 1. The highest BCUT2D eigenvalue weighted by Crippen LogP contribution is 2.37. The molecule has 0 bridgehead atoms. The van der Waals surface area contributed by atoms with Crippen LogP contribution >= 0.6 is 11.8 Å². The third kappa shape index (κ3) is 2.70. The summed E-state index contributed by atoms with van der Waals surface area (Å²) < 4.78 is 1.77. The summed E-state index contributed by atoms with van der Waals surface area (Å²) in [7, 11) is 0. The van der Waals surface area contributed by atoms with Crippen LogP contribution in [0.15, 0.2) is 41.8 Å². The van der Waals surface area contributed by atoms with Crippen LogP contribution in [-0.2, 0) is 9.59 Å². The summed E-state index contributed by atoms with van der Waals surface area (Å²) in [4.78, 5) is 31.2. The molecule has 2 amide bonds. The Kier molecular flexibility index (Phi) is 3.53. The van der Waals surface area contributed by atoms with Crippen molar-refractivity contribution < 1.29 is 9.59 Å². The van der Waals surface area contributed by atoms with E-state index in [0.29, 0.717) is 13.1 Å². The zero-order chi connectivity index (χ0) is 15.8. The average Bonchev–Trinajstić information content (AvgIpc) is 3.00. The molecule has 0 aliphatic carbocycles. The van der Waals surface area contributed by atoms with E-state index in [2.05, 4.69) is 15.4 Å². The SMILES string of the molecule is O=C1Nc2ccccc2SC1CC(=O)N1CC(n2cncn2)C1. The van der Waals surface area contributed by atoms with Crippen LogP contribution in [0.1, 0.15) is 12.5 Å². The Labute approximate surface area is 137 Å². The Hall–Kier alpha value is -2.35. The maximum Gasteiger partial charge on any atom is 0.238 e.